The summed E-state index contributed by atoms with van der Waals surface area (Å²) in [6.45, 7) is 4.00. The zero-order valence-electron chi connectivity index (χ0n) is 11.5. The van der Waals surface area contributed by atoms with Crippen molar-refractivity contribution in [2.75, 3.05) is 11.1 Å². The van der Waals surface area contributed by atoms with Gasteiger partial charge in [-0.2, -0.15) is 0 Å². The van der Waals surface area contributed by atoms with Gasteiger partial charge in [-0.05, 0) is 54.8 Å². The second-order valence-electron chi connectivity index (χ2n) is 4.70. The van der Waals surface area contributed by atoms with Gasteiger partial charge in [-0.25, -0.2) is 0 Å². The number of benzene rings is 2. The van der Waals surface area contributed by atoms with Crippen LogP contribution >= 0.6 is 15.9 Å². The van der Waals surface area contributed by atoms with Gasteiger partial charge in [-0.1, -0.05) is 28.9 Å². The maximum atomic E-state index is 12.3. The van der Waals surface area contributed by atoms with E-state index in [0.29, 0.717) is 11.3 Å². The number of hydrogen-bond donors (Lipinski definition) is 2. The van der Waals surface area contributed by atoms with Crippen molar-refractivity contribution in [3.63, 3.8) is 0 Å². The summed E-state index contributed by atoms with van der Waals surface area (Å²) in [4.78, 5) is 12.3. The summed E-state index contributed by atoms with van der Waals surface area (Å²) in [6, 6.07) is 11.3. The van der Waals surface area contributed by atoms with Crippen LogP contribution in [0.4, 0.5) is 11.4 Å². The van der Waals surface area contributed by atoms with Crippen molar-refractivity contribution in [1.29, 1.82) is 0 Å². The molecular formula is C16H17BrN2O. The van der Waals surface area contributed by atoms with Crippen LogP contribution in [0.25, 0.3) is 0 Å². The molecule has 3 nitrogen and oxygen atoms in total. The highest BCUT2D eigenvalue weighted by atomic mass is 79.9. The Labute approximate surface area is 127 Å². The Morgan fingerprint density at radius 3 is 2.65 bits per heavy atom. The van der Waals surface area contributed by atoms with Gasteiger partial charge in [0, 0.05) is 15.8 Å². The molecule has 0 bridgehead atoms. The minimum absolute atomic E-state index is 0.181. The second-order valence-corrected chi connectivity index (χ2v) is 5.62. The number of nitrogen functional groups attached to an aromatic ring is 1. The highest BCUT2D eigenvalue weighted by Gasteiger charge is 2.11. The predicted octanol–water partition coefficient (Wildman–Crippen LogP) is 4.15. The summed E-state index contributed by atoms with van der Waals surface area (Å²) in [6.07, 6.45) is 0.846. The molecule has 0 atom stereocenters. The van der Waals surface area contributed by atoms with E-state index in [-0.39, 0.29) is 5.91 Å². The standard InChI is InChI=1S/C16H17BrN2O/c1-3-11-9-12(17)5-7-15(11)19-16(20)13-6-4-10(2)8-14(13)18/h4-9H,3,18H2,1-2H3,(H,19,20). The molecule has 0 radical (unpaired) electrons. The molecule has 0 heterocycles. The third kappa shape index (κ3) is 3.20. The summed E-state index contributed by atoms with van der Waals surface area (Å²) in [5.74, 6) is -0.181. The first-order valence-electron chi connectivity index (χ1n) is 6.47. The SMILES string of the molecule is CCc1cc(Br)ccc1NC(=O)c1ccc(C)cc1N. The first kappa shape index (κ1) is 14.6. The molecule has 0 saturated heterocycles. The molecule has 20 heavy (non-hydrogen) atoms. The van der Waals surface area contributed by atoms with E-state index in [9.17, 15) is 4.79 Å². The van der Waals surface area contributed by atoms with Crippen LogP contribution in [-0.4, -0.2) is 5.91 Å². The first-order chi connectivity index (χ1) is 9.51. The van der Waals surface area contributed by atoms with Gasteiger partial charge in [0.15, 0.2) is 0 Å². The summed E-state index contributed by atoms with van der Waals surface area (Å²) in [5, 5.41) is 2.93. The number of amides is 1. The fourth-order valence-electron chi connectivity index (χ4n) is 2.06. The van der Waals surface area contributed by atoms with E-state index >= 15 is 0 Å². The van der Waals surface area contributed by atoms with E-state index in [1.54, 1.807) is 12.1 Å². The molecule has 2 aromatic rings. The van der Waals surface area contributed by atoms with Crippen LogP contribution in [0.5, 0.6) is 0 Å². The van der Waals surface area contributed by atoms with Gasteiger partial charge in [0.05, 0.1) is 5.56 Å². The number of halogens is 1. The predicted molar refractivity (Wildman–Crippen MR) is 87.1 cm³/mol. The average Bonchev–Trinajstić information content (AvgIpc) is 2.40. The number of nitrogens with two attached hydrogens (primary N) is 1. The van der Waals surface area contributed by atoms with Crippen molar-refractivity contribution >= 4 is 33.2 Å². The molecule has 104 valence electrons. The first-order valence-corrected chi connectivity index (χ1v) is 7.26. The third-order valence-electron chi connectivity index (χ3n) is 3.15. The van der Waals surface area contributed by atoms with Gasteiger partial charge in [0.25, 0.3) is 5.91 Å². The lowest BCUT2D eigenvalue weighted by Crippen LogP contribution is -2.15. The topological polar surface area (TPSA) is 55.1 Å². The fourth-order valence-corrected chi connectivity index (χ4v) is 2.46. The number of carbonyl (C=O) groups is 1. The zero-order chi connectivity index (χ0) is 14.7. The van der Waals surface area contributed by atoms with E-state index < -0.39 is 0 Å². The lowest BCUT2D eigenvalue weighted by molar-refractivity contribution is 0.102. The van der Waals surface area contributed by atoms with Crippen LogP contribution in [0.1, 0.15) is 28.4 Å². The van der Waals surface area contributed by atoms with Crippen LogP contribution < -0.4 is 11.1 Å². The number of aryl methyl sites for hydroxylation is 2. The molecule has 0 spiro atoms. The van der Waals surface area contributed by atoms with Crippen LogP contribution in [0.2, 0.25) is 0 Å². The molecule has 0 aliphatic rings. The van der Waals surface area contributed by atoms with Crippen LogP contribution in [-0.2, 0) is 6.42 Å². The Morgan fingerprint density at radius 2 is 2.00 bits per heavy atom. The smallest absolute Gasteiger partial charge is 0.257 e. The molecule has 3 N–H and O–H groups in total. The van der Waals surface area contributed by atoms with Gasteiger partial charge >= 0.3 is 0 Å². The third-order valence-corrected chi connectivity index (χ3v) is 3.64. The second kappa shape index (κ2) is 6.09. The Balaban J connectivity index is 2.28. The Morgan fingerprint density at radius 1 is 1.25 bits per heavy atom. The molecule has 0 saturated carbocycles. The zero-order valence-corrected chi connectivity index (χ0v) is 13.1. The molecule has 0 unspecified atom stereocenters. The maximum absolute atomic E-state index is 12.3. The molecular weight excluding hydrogens is 316 g/mol. The Bertz CT molecular complexity index is 653. The van der Waals surface area contributed by atoms with Gasteiger partial charge in [0.2, 0.25) is 0 Å². The van der Waals surface area contributed by atoms with Crippen molar-refractivity contribution in [2.45, 2.75) is 20.3 Å². The van der Waals surface area contributed by atoms with Crippen molar-refractivity contribution < 1.29 is 4.79 Å². The largest absolute Gasteiger partial charge is 0.398 e. The van der Waals surface area contributed by atoms with Crippen molar-refractivity contribution in [2.24, 2.45) is 0 Å². The summed E-state index contributed by atoms with van der Waals surface area (Å²) < 4.78 is 1.00. The Kier molecular flexibility index (Phi) is 4.45. The van der Waals surface area contributed by atoms with E-state index in [0.717, 1.165) is 27.7 Å². The molecule has 1 amide bonds. The van der Waals surface area contributed by atoms with Crippen LogP contribution in [0.3, 0.4) is 0 Å². The molecule has 0 aliphatic carbocycles. The Hall–Kier alpha value is -1.81. The highest BCUT2D eigenvalue weighted by molar-refractivity contribution is 9.10. The van der Waals surface area contributed by atoms with Crippen LogP contribution in [0, 0.1) is 6.92 Å². The molecule has 0 aromatic heterocycles. The van der Waals surface area contributed by atoms with Crippen molar-refractivity contribution in [3.05, 3.63) is 57.6 Å². The molecule has 0 aliphatic heterocycles. The van der Waals surface area contributed by atoms with E-state index in [4.69, 9.17) is 5.73 Å². The summed E-state index contributed by atoms with van der Waals surface area (Å²) in [5.41, 5.74) is 9.84. The number of anilines is 2. The lowest BCUT2D eigenvalue weighted by Gasteiger charge is -2.12. The van der Waals surface area contributed by atoms with Gasteiger partial charge in [-0.15, -0.1) is 0 Å². The van der Waals surface area contributed by atoms with Gasteiger partial charge in [0.1, 0.15) is 0 Å². The van der Waals surface area contributed by atoms with E-state index in [1.807, 2.05) is 31.2 Å². The average molecular weight is 333 g/mol. The van der Waals surface area contributed by atoms with Gasteiger partial charge in [-0.3, -0.25) is 4.79 Å². The quantitative estimate of drug-likeness (QED) is 0.829. The number of nitrogens with one attached hydrogen (secondary N) is 1. The number of hydrogen-bond acceptors (Lipinski definition) is 2. The number of carbonyl (C=O) groups excluding carboxylic acids is 1. The highest BCUT2D eigenvalue weighted by Crippen LogP contribution is 2.23. The van der Waals surface area contributed by atoms with Crippen molar-refractivity contribution in [3.8, 4) is 0 Å². The minimum atomic E-state index is -0.181. The van der Waals surface area contributed by atoms with Crippen LogP contribution in [0.15, 0.2) is 40.9 Å². The van der Waals surface area contributed by atoms with Crippen molar-refractivity contribution in [1.82, 2.24) is 0 Å². The normalized spacial score (nSPS) is 10.3. The van der Waals surface area contributed by atoms with E-state index in [1.165, 1.54) is 0 Å². The van der Waals surface area contributed by atoms with Gasteiger partial charge < -0.3 is 11.1 Å². The maximum Gasteiger partial charge on any atom is 0.257 e. The molecule has 2 rings (SSSR count). The molecule has 2 aromatic carbocycles. The monoisotopic (exact) mass is 332 g/mol. The fraction of sp³-hybridized carbons (Fsp3) is 0.188. The summed E-state index contributed by atoms with van der Waals surface area (Å²) in [7, 11) is 0. The minimum Gasteiger partial charge on any atom is -0.398 e. The molecule has 0 fully saturated rings. The molecule has 4 heteroatoms. The summed E-state index contributed by atoms with van der Waals surface area (Å²) >= 11 is 3.44. The van der Waals surface area contributed by atoms with E-state index in [2.05, 4.69) is 28.2 Å². The lowest BCUT2D eigenvalue weighted by atomic mass is 10.1. The number of rotatable bonds is 3.